The molecule has 0 atom stereocenters. The fraction of sp³-hybridized carbons (Fsp3) is 0.148. The van der Waals surface area contributed by atoms with E-state index in [1.165, 1.54) is 0 Å². The van der Waals surface area contributed by atoms with Gasteiger partial charge in [-0.25, -0.2) is 4.98 Å². The van der Waals surface area contributed by atoms with Crippen molar-refractivity contribution in [3.63, 3.8) is 0 Å². The van der Waals surface area contributed by atoms with E-state index in [2.05, 4.69) is 19.2 Å². The van der Waals surface area contributed by atoms with Crippen molar-refractivity contribution in [1.29, 1.82) is 0 Å². The Morgan fingerprint density at radius 2 is 0.860 bits per heavy atom. The molecule has 4 nitrogen and oxygen atoms in total. The predicted molar refractivity (Wildman–Crippen MR) is 126 cm³/mol. The minimum absolute atomic E-state index is 0.280. The van der Waals surface area contributed by atoms with Gasteiger partial charge >= 0.3 is 25.3 Å². The van der Waals surface area contributed by atoms with Crippen LogP contribution in [0.15, 0.2) is 78.9 Å². The number of ether oxygens (including phenoxy) is 3. The molecule has 0 unspecified atom stereocenters. The Hall–Kier alpha value is -4.63. The molecule has 1 heterocycles. The van der Waals surface area contributed by atoms with Crippen LogP contribution >= 0.6 is 0 Å². The summed E-state index contributed by atoms with van der Waals surface area (Å²) >= 11 is 0. The SMILES string of the molecule is FC(F)(F)Oc1cccc(-c2cc(C(F)(F)F)nc(-c3cccc(OC(F)(F)F)c3)c2-c2cccc(OC(F)(F)F)c2)c1. The molecule has 0 aliphatic heterocycles. The largest absolute Gasteiger partial charge is 0.573 e. The van der Waals surface area contributed by atoms with Crippen molar-refractivity contribution in [2.75, 3.05) is 0 Å². The number of aromatic nitrogens is 1. The van der Waals surface area contributed by atoms with Gasteiger partial charge in [0.15, 0.2) is 0 Å². The first-order valence-corrected chi connectivity index (χ1v) is 11.5. The molecule has 0 saturated carbocycles. The van der Waals surface area contributed by atoms with E-state index < -0.39 is 70.6 Å². The number of rotatable bonds is 6. The van der Waals surface area contributed by atoms with Crippen LogP contribution in [-0.4, -0.2) is 24.1 Å². The van der Waals surface area contributed by atoms with Gasteiger partial charge in [-0.3, -0.25) is 0 Å². The number of hydrogen-bond acceptors (Lipinski definition) is 4. The van der Waals surface area contributed by atoms with Crippen LogP contribution in [0.2, 0.25) is 0 Å². The first-order valence-electron chi connectivity index (χ1n) is 11.5. The van der Waals surface area contributed by atoms with Gasteiger partial charge in [-0.15, -0.1) is 39.5 Å². The van der Waals surface area contributed by atoms with Crippen molar-refractivity contribution >= 4 is 0 Å². The maximum Gasteiger partial charge on any atom is 0.573 e. The molecular weight excluding hydrogens is 614 g/mol. The summed E-state index contributed by atoms with van der Waals surface area (Å²) in [4.78, 5) is 3.56. The first kappa shape index (κ1) is 31.3. The second kappa shape index (κ2) is 11.2. The molecule has 1 aromatic heterocycles. The van der Waals surface area contributed by atoms with Gasteiger partial charge in [-0.05, 0) is 59.2 Å². The van der Waals surface area contributed by atoms with Crippen LogP contribution in [0.4, 0.5) is 52.7 Å². The molecule has 0 bridgehead atoms. The number of benzene rings is 3. The van der Waals surface area contributed by atoms with Crippen LogP contribution in [0.3, 0.4) is 0 Å². The molecule has 4 rings (SSSR count). The van der Waals surface area contributed by atoms with Gasteiger partial charge < -0.3 is 14.2 Å². The maximum absolute atomic E-state index is 14.0. The first-order chi connectivity index (χ1) is 19.8. The normalized spacial score (nSPS) is 12.7. The number of alkyl halides is 12. The highest BCUT2D eigenvalue weighted by molar-refractivity contribution is 5.93. The Morgan fingerprint density at radius 3 is 1.30 bits per heavy atom. The van der Waals surface area contributed by atoms with Gasteiger partial charge in [0.25, 0.3) is 0 Å². The number of halogens is 12. The van der Waals surface area contributed by atoms with Crippen molar-refractivity contribution in [3.8, 4) is 50.8 Å². The number of hydrogen-bond donors (Lipinski definition) is 0. The quantitative estimate of drug-likeness (QED) is 0.200. The molecule has 0 amide bonds. The van der Waals surface area contributed by atoms with Crippen molar-refractivity contribution in [3.05, 3.63) is 84.6 Å². The lowest BCUT2D eigenvalue weighted by molar-refractivity contribution is -0.275. The van der Waals surface area contributed by atoms with Crippen LogP contribution < -0.4 is 14.2 Å². The van der Waals surface area contributed by atoms with Gasteiger partial charge in [0, 0.05) is 11.1 Å². The standard InChI is InChI=1S/C27H13F12NO3/c28-24(29,30)21-13-20(14-4-1-7-17(10-14)41-25(31,32)33)22(15-5-2-8-18(11-15)42-26(34,35)36)23(40-21)16-6-3-9-19(12-16)43-27(37,38)39/h1-13H. The Balaban J connectivity index is 2.07. The lowest BCUT2D eigenvalue weighted by Crippen LogP contribution is -2.17. The molecule has 3 aromatic carbocycles. The molecule has 16 heteroatoms. The van der Waals surface area contributed by atoms with Crippen molar-refractivity contribution < 1.29 is 66.9 Å². The number of pyridine rings is 1. The molecule has 0 radical (unpaired) electrons. The third kappa shape index (κ3) is 8.45. The third-order valence-corrected chi connectivity index (χ3v) is 5.39. The average Bonchev–Trinajstić information content (AvgIpc) is 2.85. The monoisotopic (exact) mass is 627 g/mol. The van der Waals surface area contributed by atoms with E-state index in [9.17, 15) is 52.7 Å². The molecule has 228 valence electrons. The molecule has 0 aliphatic rings. The zero-order chi connectivity index (χ0) is 31.8. The van der Waals surface area contributed by atoms with Crippen LogP contribution in [0.1, 0.15) is 5.69 Å². The molecule has 43 heavy (non-hydrogen) atoms. The summed E-state index contributed by atoms with van der Waals surface area (Å²) in [6.07, 6.45) is -20.8. The molecule has 0 N–H and O–H groups in total. The van der Waals surface area contributed by atoms with Crippen molar-refractivity contribution in [2.24, 2.45) is 0 Å². The van der Waals surface area contributed by atoms with E-state index in [1.807, 2.05) is 0 Å². The van der Waals surface area contributed by atoms with Crippen LogP contribution in [0.25, 0.3) is 33.5 Å². The summed E-state index contributed by atoms with van der Waals surface area (Å²) in [5.41, 5.74) is -4.23. The van der Waals surface area contributed by atoms with E-state index >= 15 is 0 Å². The van der Waals surface area contributed by atoms with Crippen LogP contribution in [0, 0.1) is 0 Å². The Bertz CT molecular complexity index is 1530. The topological polar surface area (TPSA) is 40.6 Å². The predicted octanol–water partition coefficient (Wildman–Crippen LogP) is 9.80. The van der Waals surface area contributed by atoms with Gasteiger partial charge in [0.1, 0.15) is 22.9 Å². The van der Waals surface area contributed by atoms with Gasteiger partial charge in [0.2, 0.25) is 0 Å². The van der Waals surface area contributed by atoms with E-state index in [0.29, 0.717) is 12.1 Å². The van der Waals surface area contributed by atoms with Crippen LogP contribution in [-0.2, 0) is 6.18 Å². The fourth-order valence-corrected chi connectivity index (χ4v) is 3.97. The van der Waals surface area contributed by atoms with Gasteiger partial charge in [-0.1, -0.05) is 36.4 Å². The second-order valence-electron chi connectivity index (χ2n) is 8.50. The third-order valence-electron chi connectivity index (χ3n) is 5.39. The minimum Gasteiger partial charge on any atom is -0.406 e. The Morgan fingerprint density at radius 1 is 0.465 bits per heavy atom. The fourth-order valence-electron chi connectivity index (χ4n) is 3.97. The average molecular weight is 627 g/mol. The Labute approximate surface area is 233 Å². The minimum atomic E-state index is -5.20. The molecule has 0 aliphatic carbocycles. The maximum atomic E-state index is 14.0. The van der Waals surface area contributed by atoms with Crippen molar-refractivity contribution in [1.82, 2.24) is 4.98 Å². The summed E-state index contributed by atoms with van der Waals surface area (Å²) in [5, 5.41) is 0. The van der Waals surface area contributed by atoms with E-state index in [-0.39, 0.29) is 11.1 Å². The van der Waals surface area contributed by atoms with E-state index in [4.69, 9.17) is 0 Å². The lowest BCUT2D eigenvalue weighted by atomic mass is 9.90. The Kier molecular flexibility index (Phi) is 8.17. The smallest absolute Gasteiger partial charge is 0.406 e. The molecule has 0 fully saturated rings. The van der Waals surface area contributed by atoms with E-state index in [0.717, 1.165) is 66.7 Å². The highest BCUT2D eigenvalue weighted by Crippen LogP contribution is 2.45. The molecule has 0 spiro atoms. The van der Waals surface area contributed by atoms with Gasteiger partial charge in [-0.2, -0.15) is 13.2 Å². The van der Waals surface area contributed by atoms with Gasteiger partial charge in [0.05, 0.1) is 5.69 Å². The lowest BCUT2D eigenvalue weighted by Gasteiger charge is -2.20. The van der Waals surface area contributed by atoms with Crippen molar-refractivity contribution in [2.45, 2.75) is 25.3 Å². The highest BCUT2D eigenvalue weighted by Gasteiger charge is 2.36. The summed E-state index contributed by atoms with van der Waals surface area (Å²) in [5.74, 6) is -2.55. The summed E-state index contributed by atoms with van der Waals surface area (Å²) in [6, 6.07) is 11.4. The summed E-state index contributed by atoms with van der Waals surface area (Å²) in [7, 11) is 0. The second-order valence-corrected chi connectivity index (χ2v) is 8.50. The zero-order valence-corrected chi connectivity index (χ0v) is 20.7. The summed E-state index contributed by atoms with van der Waals surface area (Å²) in [6.45, 7) is 0. The number of nitrogens with zero attached hydrogens (tertiary/aromatic N) is 1. The molecule has 0 saturated heterocycles. The summed E-state index contributed by atoms with van der Waals surface area (Å²) < 4.78 is 170. The molecule has 4 aromatic rings. The van der Waals surface area contributed by atoms with E-state index in [1.54, 1.807) is 0 Å². The van der Waals surface area contributed by atoms with Crippen LogP contribution in [0.5, 0.6) is 17.2 Å². The molecular formula is C27H13F12NO3. The zero-order valence-electron chi connectivity index (χ0n) is 20.7. The highest BCUT2D eigenvalue weighted by atomic mass is 19.4.